The maximum Gasteiger partial charge on any atom is 0.218 e. The minimum absolute atomic E-state index is 0. The number of sulfone groups is 1. The molecule has 0 bridgehead atoms. The standard InChI is InChI=1S/C10H10O2.C10H20.C9H12O2.C8H16.C8H10.C8H16.2C6H12.C5H12.C4H9NO.C4H12N.C4H9N.C4H6.C3H9NSi.C3H9N.C3H6O.C2H6O2S.C2H6O.3C2H4.CH4/c1-7(11)9-3-5-10(6-4-9)8(2)12;1-6-7(2)9(4)10(5)8(6)3;1-7-4-8(10-2)6-9(5-7)11-3;2*1-7-3-5-8(2)6-4-7;1-5-6(2)8(4)7(5)3;1-4-5(2)6(4)3;1-5(2)6(3)4;1-5(2,3)4;1-4(6)5(2)3;1-5(2,3)4;1-4(2)5-3;1-3-4-2;1-4-5(2)3;1-4(2)3;1-3(2)4;1-5(2,3)4;1-3-2;3*1-2;/h3-6H,1-2H3;6-10H,1-5H3;4-6H,1-3H3;7-8H,3-6H2,1-2H3;3-6H,1-2H3;5-8H,1-4H3;4-6H,1-3H3;1-4H3;1-4H3;1-3H3;1-4H3;1-3H3;1-2H3;1-3H3;1-3H3;1-2H3;1-2H3;1-2H3;3*1-2H2;1H4/q;;;;;;;;;;+1;;;;;;;;;;;. The third-order valence-corrected chi connectivity index (χ3v) is 20.2. The molecule has 16 heteroatoms. The van der Waals surface area contributed by atoms with Crippen LogP contribution in [0.3, 0.4) is 0 Å². The first-order valence-electron chi connectivity index (χ1n) is 43.2. The Labute approximate surface area is 765 Å². The summed E-state index contributed by atoms with van der Waals surface area (Å²) in [6, 6.07) is 20.9. The van der Waals surface area contributed by atoms with Gasteiger partial charge >= 0.3 is 0 Å². The smallest absolute Gasteiger partial charge is 0.218 e. The number of ketones is 3. The molecule has 3 aromatic carbocycles. The van der Waals surface area contributed by atoms with E-state index in [0.29, 0.717) is 16.5 Å². The summed E-state index contributed by atoms with van der Waals surface area (Å²) in [5.41, 5.74) is 9.56. The van der Waals surface area contributed by atoms with Crippen molar-refractivity contribution in [3.05, 3.63) is 145 Å². The molecule has 7 rings (SSSR count). The van der Waals surface area contributed by atoms with Crippen LogP contribution in [-0.2, 0) is 24.2 Å². The summed E-state index contributed by atoms with van der Waals surface area (Å²) in [4.78, 5) is 48.5. The van der Waals surface area contributed by atoms with Crippen LogP contribution < -0.4 is 9.47 Å². The van der Waals surface area contributed by atoms with Crippen LogP contribution in [0.4, 0.5) is 0 Å². The van der Waals surface area contributed by atoms with Gasteiger partial charge in [-0.1, -0.05) is 229 Å². The average molecular weight is 1760 g/mol. The van der Waals surface area contributed by atoms with Crippen molar-refractivity contribution in [1.29, 1.82) is 0 Å². The number of amides is 1. The van der Waals surface area contributed by atoms with Gasteiger partial charge in [0, 0.05) is 84.8 Å². The molecule has 4 fully saturated rings. The van der Waals surface area contributed by atoms with Gasteiger partial charge < -0.3 is 37.9 Å². The Kier molecular flexibility index (Phi) is 114. The van der Waals surface area contributed by atoms with Gasteiger partial charge in [0.2, 0.25) is 5.91 Å². The summed E-state index contributed by atoms with van der Waals surface area (Å²) in [6.45, 7) is 94.0. The number of rotatable bonds is 4. The number of quaternary nitrogens is 1. The first-order chi connectivity index (χ1) is 55.0. The highest BCUT2D eigenvalue weighted by molar-refractivity contribution is 7.89. The Bertz CT molecular complexity index is 2930. The number of hydrogen-bond donors (Lipinski definition) is 0. The molecule has 0 unspecified atom stereocenters. The second kappa shape index (κ2) is 92.4. The van der Waals surface area contributed by atoms with Crippen molar-refractivity contribution in [3.8, 4) is 23.3 Å². The van der Waals surface area contributed by atoms with Crippen LogP contribution in [0.2, 0.25) is 13.1 Å². The van der Waals surface area contributed by atoms with Crippen molar-refractivity contribution < 1.29 is 46.3 Å². The van der Waals surface area contributed by atoms with Crippen molar-refractivity contribution in [2.75, 3.05) is 118 Å². The van der Waals surface area contributed by atoms with E-state index in [1.54, 1.807) is 73.8 Å². The molecule has 0 N–H and O–H groups in total. The van der Waals surface area contributed by atoms with E-state index in [4.69, 9.17) is 9.47 Å². The van der Waals surface area contributed by atoms with E-state index in [0.717, 1.165) is 123 Å². The molecule has 720 valence electrons. The van der Waals surface area contributed by atoms with E-state index in [9.17, 15) is 27.6 Å². The monoisotopic (exact) mass is 1760 g/mol. The summed E-state index contributed by atoms with van der Waals surface area (Å²) >= 11 is 0. The fourth-order valence-electron chi connectivity index (χ4n) is 9.03. The molecule has 0 saturated heterocycles. The molecule has 0 aromatic heterocycles. The largest absolute Gasteiger partial charge is 0.497 e. The molecule has 122 heavy (non-hydrogen) atoms. The lowest BCUT2D eigenvalue weighted by Crippen LogP contribution is -2.39. The highest BCUT2D eigenvalue weighted by Gasteiger charge is 2.39. The van der Waals surface area contributed by atoms with Crippen molar-refractivity contribution >= 4 is 47.4 Å². The van der Waals surface area contributed by atoms with E-state index in [1.807, 2.05) is 85.9 Å². The summed E-state index contributed by atoms with van der Waals surface area (Å²) in [5.74, 6) is 21.0. The Morgan fingerprint density at radius 3 is 0.689 bits per heavy atom. The summed E-state index contributed by atoms with van der Waals surface area (Å²) in [5, 5.41) is 0. The Morgan fingerprint density at radius 1 is 0.451 bits per heavy atom. The zero-order chi connectivity index (χ0) is 100.0. The van der Waals surface area contributed by atoms with Gasteiger partial charge in [0.05, 0.1) is 42.4 Å². The first kappa shape index (κ1) is 150. The number of benzene rings is 3. The average Bonchev–Trinajstić information content (AvgIpc) is 1.20. The molecule has 0 spiro atoms. The van der Waals surface area contributed by atoms with Gasteiger partial charge in [-0.3, -0.25) is 19.4 Å². The molecule has 0 radical (unpaired) electrons. The van der Waals surface area contributed by atoms with Crippen LogP contribution in [-0.4, -0.2) is 179 Å². The molecule has 0 atom stereocenters. The second-order valence-corrected chi connectivity index (χ2v) is 41.3. The molecule has 4 aliphatic carbocycles. The van der Waals surface area contributed by atoms with Crippen LogP contribution in [0.5, 0.6) is 11.5 Å². The Morgan fingerprint density at radius 2 is 0.598 bits per heavy atom. The van der Waals surface area contributed by atoms with Crippen molar-refractivity contribution in [2.45, 2.75) is 282 Å². The minimum atomic E-state index is -2.67. The van der Waals surface area contributed by atoms with Crippen LogP contribution in [0.15, 0.2) is 127 Å². The molecule has 3 aromatic rings. The van der Waals surface area contributed by atoms with Crippen LogP contribution in [0.1, 0.15) is 285 Å². The van der Waals surface area contributed by atoms with Gasteiger partial charge in [0.15, 0.2) is 11.6 Å². The summed E-state index contributed by atoms with van der Waals surface area (Å²) < 4.78 is 38.6. The van der Waals surface area contributed by atoms with Crippen LogP contribution in [0.25, 0.3) is 0 Å². The lowest BCUT2D eigenvalue weighted by Gasteiger charge is -2.45. The molecular weight excluding hydrogens is 1550 g/mol. The number of nitrogens with zero attached hydrogens (tertiary/aromatic N) is 5. The number of methoxy groups -OCH3 is 3. The van der Waals surface area contributed by atoms with Gasteiger partial charge in [0.25, 0.3) is 0 Å². The zero-order valence-electron chi connectivity index (χ0n) is 89.8. The van der Waals surface area contributed by atoms with Gasteiger partial charge in [-0.05, 0) is 244 Å². The second-order valence-electron chi connectivity index (χ2n) is 36.6. The fraction of sp³-hybridized carbons (Fsp3) is 0.689. The number of Topliss-reactive ketones (excluding diaryl/α,β-unsaturated/α-hetero) is 3. The first-order valence-corrected chi connectivity index (χ1v) is 47.9. The van der Waals surface area contributed by atoms with E-state index >= 15 is 0 Å². The van der Waals surface area contributed by atoms with Crippen molar-refractivity contribution in [3.63, 3.8) is 0 Å². The number of aryl methyl sites for hydroxylation is 3. The molecule has 14 nitrogen and oxygen atoms in total. The highest BCUT2D eigenvalue weighted by Crippen LogP contribution is 2.46. The van der Waals surface area contributed by atoms with Crippen molar-refractivity contribution in [2.24, 2.45) is 97.9 Å². The normalized spacial score (nSPS) is 19.6. The summed E-state index contributed by atoms with van der Waals surface area (Å²) in [6.07, 6.45) is 8.21. The molecule has 1 amide bonds. The van der Waals surface area contributed by atoms with Gasteiger partial charge in [-0.2, -0.15) is 0 Å². The number of aliphatic imine (C=N–C) groups is 1. The summed E-state index contributed by atoms with van der Waals surface area (Å²) in [7, 11) is 25.2. The fourth-order valence-corrected chi connectivity index (χ4v) is 9.03. The number of carbonyl (C=O) groups excluding carboxylic acids is 4. The van der Waals surface area contributed by atoms with Gasteiger partial charge in [-0.25, -0.2) is 8.42 Å². The van der Waals surface area contributed by atoms with Gasteiger partial charge in [0.1, 0.15) is 35.7 Å². The Balaban J connectivity index is -0.0000000770. The molecule has 0 aliphatic heterocycles. The highest BCUT2D eigenvalue weighted by atomic mass is 32.2. The molecule has 4 aliphatic rings. The van der Waals surface area contributed by atoms with E-state index < -0.39 is 9.84 Å². The number of allylic oxidation sites excluding steroid dienone is 2. The van der Waals surface area contributed by atoms with Crippen molar-refractivity contribution in [1.82, 2.24) is 9.80 Å². The predicted octanol–water partition coefficient (Wildman–Crippen LogP) is 28.7. The molecule has 4 saturated carbocycles. The Hall–Kier alpha value is -6.22. The maximum absolute atomic E-state index is 10.8. The van der Waals surface area contributed by atoms with Crippen LogP contribution >= 0.6 is 0 Å². The lowest BCUT2D eigenvalue weighted by molar-refractivity contribution is -0.849. The zero-order valence-corrected chi connectivity index (χ0v) is 91.6. The number of carbonyl (C=O) groups is 4. The number of ether oxygens (including phenoxy) is 3. The third kappa shape index (κ3) is 127. The maximum atomic E-state index is 10.8. The molecular formula is C106H208N5O9SSi+. The number of hydrogen-bond acceptors (Lipinski definition) is 12. The topological polar surface area (TPSA) is 161 Å². The van der Waals surface area contributed by atoms with E-state index in [1.165, 1.54) is 87.5 Å². The lowest BCUT2D eigenvalue weighted by atomic mass is 9.60. The SMILES string of the molecule is C.C=C.C=C.C=C.CC#CC.CC(=O)N(C)C.CC(=O)c1ccc(C(C)=O)cc1.CC(C)(C)C.CC(C)=C(C)C.CC(C)=O.CC1C(C)C(C)C(C)C1C.CC1C(C)C(C)C1C.CC1C(C)C1C.CC1CCC(C)CC1.CN(C)C.CN=C(C)C.CN=[Si](C)C.COC.COc1cc(C)cc(OC)c1.CS(C)(=O)=O.C[N+](C)(C)C.Cc1ccc(C)cc1. The molecule has 0 heterocycles. The van der Waals surface area contributed by atoms with Gasteiger partial charge in [-0.15, -0.1) is 51.3 Å². The van der Waals surface area contributed by atoms with E-state index in [-0.39, 0.29) is 39.3 Å². The quantitative estimate of drug-likeness (QED) is 0.0614. The minimum Gasteiger partial charge on any atom is -0.497 e. The van der Waals surface area contributed by atoms with E-state index in [2.05, 4.69) is 297 Å². The third-order valence-electron chi connectivity index (χ3n) is 19.3. The van der Waals surface area contributed by atoms with Crippen LogP contribution in [0, 0.1) is 121 Å². The predicted molar refractivity (Wildman–Crippen MR) is 556 cm³/mol.